The molecule has 2 aliphatic rings. The Bertz CT molecular complexity index is 541. The van der Waals surface area contributed by atoms with Crippen LogP contribution in [0.2, 0.25) is 0 Å². The lowest BCUT2D eigenvalue weighted by Gasteiger charge is -2.40. The lowest BCUT2D eigenvalue weighted by molar-refractivity contribution is -0.123. The third-order valence-corrected chi connectivity index (χ3v) is 4.45. The first-order valence-electron chi connectivity index (χ1n) is 7.82. The molecule has 0 radical (unpaired) electrons. The number of methoxy groups -OCH3 is 1. The topological polar surface area (TPSA) is 38.8 Å². The standard InChI is InChI=1S/C17H23NO3/c1-3-8-21-17-11-14-12(9-16(17)20-2)4-6-18-7-5-13(19)10-15(14)18/h9,11,15H,3-8,10H2,1-2H3/t15-/m1/s1. The molecule has 0 aliphatic carbocycles. The number of nitrogens with zero attached hydrogens (tertiary/aromatic N) is 1. The predicted molar refractivity (Wildman–Crippen MR) is 81.0 cm³/mol. The van der Waals surface area contributed by atoms with E-state index in [2.05, 4.69) is 24.0 Å². The van der Waals surface area contributed by atoms with Crippen LogP contribution in [0.4, 0.5) is 0 Å². The zero-order chi connectivity index (χ0) is 14.8. The molecule has 21 heavy (non-hydrogen) atoms. The second kappa shape index (κ2) is 6.06. The van der Waals surface area contributed by atoms with Gasteiger partial charge in [0.2, 0.25) is 0 Å². The van der Waals surface area contributed by atoms with Gasteiger partial charge in [0.05, 0.1) is 13.7 Å². The van der Waals surface area contributed by atoms with Gasteiger partial charge in [0, 0.05) is 32.0 Å². The average Bonchev–Trinajstić information content (AvgIpc) is 2.51. The van der Waals surface area contributed by atoms with Crippen LogP contribution in [-0.2, 0) is 11.2 Å². The van der Waals surface area contributed by atoms with Crippen molar-refractivity contribution in [3.8, 4) is 11.5 Å². The minimum atomic E-state index is 0.227. The number of benzene rings is 1. The highest BCUT2D eigenvalue weighted by Gasteiger charge is 2.33. The van der Waals surface area contributed by atoms with Crippen LogP contribution in [0.3, 0.4) is 0 Å². The van der Waals surface area contributed by atoms with E-state index < -0.39 is 0 Å². The SMILES string of the molecule is CCCOc1cc2c(cc1OC)CCN1CCC(=O)C[C@H]21. The van der Waals surface area contributed by atoms with Crippen LogP contribution in [0, 0.1) is 0 Å². The Kier molecular flexibility index (Phi) is 4.15. The maximum Gasteiger partial charge on any atom is 0.161 e. The summed E-state index contributed by atoms with van der Waals surface area (Å²) >= 11 is 0. The third-order valence-electron chi connectivity index (χ3n) is 4.45. The summed E-state index contributed by atoms with van der Waals surface area (Å²) in [6.45, 7) is 4.69. The molecule has 4 nitrogen and oxygen atoms in total. The van der Waals surface area contributed by atoms with Gasteiger partial charge in [-0.1, -0.05) is 6.92 Å². The van der Waals surface area contributed by atoms with Gasteiger partial charge in [-0.2, -0.15) is 0 Å². The number of fused-ring (bicyclic) bond motifs is 3. The first-order valence-corrected chi connectivity index (χ1v) is 7.82. The first-order chi connectivity index (χ1) is 10.2. The Hall–Kier alpha value is -1.55. The van der Waals surface area contributed by atoms with E-state index in [1.165, 1.54) is 11.1 Å². The van der Waals surface area contributed by atoms with Crippen LogP contribution >= 0.6 is 0 Å². The molecular weight excluding hydrogens is 266 g/mol. The van der Waals surface area contributed by atoms with E-state index in [9.17, 15) is 4.79 Å². The van der Waals surface area contributed by atoms with Gasteiger partial charge in [-0.15, -0.1) is 0 Å². The summed E-state index contributed by atoms with van der Waals surface area (Å²) in [5.41, 5.74) is 2.55. The third kappa shape index (κ3) is 2.77. The van der Waals surface area contributed by atoms with E-state index in [0.717, 1.165) is 37.4 Å². The molecule has 0 spiro atoms. The molecule has 114 valence electrons. The van der Waals surface area contributed by atoms with Crippen molar-refractivity contribution < 1.29 is 14.3 Å². The Morgan fingerprint density at radius 3 is 2.81 bits per heavy atom. The van der Waals surface area contributed by atoms with Crippen LogP contribution in [0.1, 0.15) is 43.4 Å². The Balaban J connectivity index is 1.96. The number of hydrogen-bond acceptors (Lipinski definition) is 4. The van der Waals surface area contributed by atoms with Crippen LogP contribution in [-0.4, -0.2) is 37.5 Å². The number of rotatable bonds is 4. The van der Waals surface area contributed by atoms with Crippen molar-refractivity contribution in [2.75, 3.05) is 26.8 Å². The van der Waals surface area contributed by atoms with Gasteiger partial charge in [-0.3, -0.25) is 9.69 Å². The fourth-order valence-corrected chi connectivity index (χ4v) is 3.34. The van der Waals surface area contributed by atoms with Crippen molar-refractivity contribution in [2.24, 2.45) is 0 Å². The lowest BCUT2D eigenvalue weighted by atomic mass is 9.86. The normalized spacial score (nSPS) is 21.6. The van der Waals surface area contributed by atoms with Crippen LogP contribution < -0.4 is 9.47 Å². The van der Waals surface area contributed by atoms with E-state index in [1.807, 2.05) is 0 Å². The molecule has 0 aromatic heterocycles. The number of hydrogen-bond donors (Lipinski definition) is 0. The predicted octanol–water partition coefficient (Wildman–Crippen LogP) is 2.75. The van der Waals surface area contributed by atoms with Gasteiger partial charge < -0.3 is 9.47 Å². The van der Waals surface area contributed by atoms with E-state index >= 15 is 0 Å². The minimum Gasteiger partial charge on any atom is -0.493 e. The molecule has 0 bridgehead atoms. The molecule has 2 heterocycles. The summed E-state index contributed by atoms with van der Waals surface area (Å²) in [6.07, 6.45) is 3.31. The largest absolute Gasteiger partial charge is 0.493 e. The summed E-state index contributed by atoms with van der Waals surface area (Å²) < 4.78 is 11.3. The molecule has 1 aromatic rings. The quantitative estimate of drug-likeness (QED) is 0.854. The van der Waals surface area contributed by atoms with Crippen LogP contribution in [0.25, 0.3) is 0 Å². The molecule has 0 saturated carbocycles. The molecule has 3 rings (SSSR count). The number of piperidine rings is 1. The monoisotopic (exact) mass is 289 g/mol. The summed E-state index contributed by atoms with van der Waals surface area (Å²) in [5.74, 6) is 1.98. The molecule has 1 aromatic carbocycles. The average molecular weight is 289 g/mol. The highest BCUT2D eigenvalue weighted by atomic mass is 16.5. The highest BCUT2D eigenvalue weighted by molar-refractivity contribution is 5.80. The summed E-state index contributed by atoms with van der Waals surface area (Å²) in [6, 6.07) is 4.42. The Morgan fingerprint density at radius 2 is 2.05 bits per heavy atom. The number of carbonyl (C=O) groups excluding carboxylic acids is 1. The zero-order valence-corrected chi connectivity index (χ0v) is 12.9. The first kappa shape index (κ1) is 14.4. The minimum absolute atomic E-state index is 0.227. The van der Waals surface area contributed by atoms with Gasteiger partial charge in [0.25, 0.3) is 0 Å². The second-order valence-corrected chi connectivity index (χ2v) is 5.84. The number of carbonyl (C=O) groups is 1. The number of ketones is 1. The summed E-state index contributed by atoms with van der Waals surface area (Å²) in [5, 5.41) is 0. The van der Waals surface area contributed by atoms with Gasteiger partial charge >= 0.3 is 0 Å². The summed E-state index contributed by atoms with van der Waals surface area (Å²) in [7, 11) is 1.68. The fraction of sp³-hybridized carbons (Fsp3) is 0.588. The molecular formula is C17H23NO3. The Morgan fingerprint density at radius 1 is 1.24 bits per heavy atom. The fourth-order valence-electron chi connectivity index (χ4n) is 3.34. The van der Waals surface area contributed by atoms with Crippen molar-refractivity contribution in [2.45, 2.75) is 38.6 Å². The van der Waals surface area contributed by atoms with Crippen molar-refractivity contribution in [3.63, 3.8) is 0 Å². The van der Waals surface area contributed by atoms with Crippen molar-refractivity contribution >= 4 is 5.78 Å². The van der Waals surface area contributed by atoms with E-state index in [-0.39, 0.29) is 6.04 Å². The molecule has 1 atom stereocenters. The molecule has 0 unspecified atom stereocenters. The van der Waals surface area contributed by atoms with Gasteiger partial charge in [0.15, 0.2) is 11.5 Å². The smallest absolute Gasteiger partial charge is 0.161 e. The molecule has 1 saturated heterocycles. The van der Waals surface area contributed by atoms with E-state index in [0.29, 0.717) is 25.2 Å². The Labute approximate surface area is 126 Å². The second-order valence-electron chi connectivity index (χ2n) is 5.84. The molecule has 1 fully saturated rings. The van der Waals surface area contributed by atoms with Crippen LogP contribution in [0.5, 0.6) is 11.5 Å². The lowest BCUT2D eigenvalue weighted by Crippen LogP contribution is -2.41. The molecule has 2 aliphatic heterocycles. The molecule has 0 N–H and O–H groups in total. The maximum absolute atomic E-state index is 11.8. The van der Waals surface area contributed by atoms with Crippen LogP contribution in [0.15, 0.2) is 12.1 Å². The number of ether oxygens (including phenoxy) is 2. The molecule has 0 amide bonds. The summed E-state index contributed by atoms with van der Waals surface area (Å²) in [4.78, 5) is 14.3. The van der Waals surface area contributed by atoms with Crippen molar-refractivity contribution in [1.29, 1.82) is 0 Å². The zero-order valence-electron chi connectivity index (χ0n) is 12.9. The number of Topliss-reactive ketones (excluding diaryl/α,β-unsaturated/α-hetero) is 1. The van der Waals surface area contributed by atoms with Crippen molar-refractivity contribution in [3.05, 3.63) is 23.3 Å². The maximum atomic E-state index is 11.8. The van der Waals surface area contributed by atoms with Gasteiger partial charge in [0.1, 0.15) is 5.78 Å². The van der Waals surface area contributed by atoms with Gasteiger partial charge in [-0.25, -0.2) is 0 Å². The molecule has 4 heteroatoms. The van der Waals surface area contributed by atoms with Gasteiger partial charge in [-0.05, 0) is 36.1 Å². The van der Waals surface area contributed by atoms with E-state index in [1.54, 1.807) is 7.11 Å². The van der Waals surface area contributed by atoms with Crippen molar-refractivity contribution in [1.82, 2.24) is 4.90 Å². The van der Waals surface area contributed by atoms with E-state index in [4.69, 9.17) is 9.47 Å². The highest BCUT2D eigenvalue weighted by Crippen LogP contribution is 2.41.